The van der Waals surface area contributed by atoms with E-state index in [4.69, 9.17) is 0 Å². The number of hydrogen-bond donors (Lipinski definition) is 2. The Bertz CT molecular complexity index is 995. The molecule has 4 fully saturated rings. The Balaban J connectivity index is 1.13. The molecule has 4 aliphatic carbocycles. The number of amides is 2. The number of nitrogens with one attached hydrogen (secondary N) is 2. The standard InChI is InChI=1S/C27H30N2O3/c30-24(29-23-8-4-7-22(14-23)25(31)21-5-2-1-3-6-21)9-10-28-26(32)27-15-18-11-19(16-27)13-20(12-18)17-27/h1-8,14,18-20H,9-13,15-17H2,(H,28,32)(H,29,30). The largest absolute Gasteiger partial charge is 0.355 e. The molecule has 0 aromatic heterocycles. The summed E-state index contributed by atoms with van der Waals surface area (Å²) in [5, 5.41) is 5.91. The maximum absolute atomic E-state index is 13.0. The summed E-state index contributed by atoms with van der Waals surface area (Å²) in [5.74, 6) is 2.08. The monoisotopic (exact) mass is 430 g/mol. The molecule has 4 saturated carbocycles. The lowest BCUT2D eigenvalue weighted by atomic mass is 9.49. The first-order chi connectivity index (χ1) is 15.5. The highest BCUT2D eigenvalue weighted by Gasteiger charge is 2.54. The number of benzene rings is 2. The minimum atomic E-state index is -0.183. The zero-order valence-electron chi connectivity index (χ0n) is 18.3. The molecule has 5 heteroatoms. The maximum atomic E-state index is 13.0. The number of carbonyl (C=O) groups excluding carboxylic acids is 3. The molecule has 5 nitrogen and oxygen atoms in total. The molecule has 2 N–H and O–H groups in total. The van der Waals surface area contributed by atoms with Crippen molar-refractivity contribution in [1.82, 2.24) is 5.32 Å². The number of hydrogen-bond acceptors (Lipinski definition) is 3. The third-order valence-electron chi connectivity index (χ3n) is 7.60. The molecule has 0 atom stereocenters. The van der Waals surface area contributed by atoms with E-state index in [2.05, 4.69) is 10.6 Å². The average Bonchev–Trinajstić information content (AvgIpc) is 2.78. The van der Waals surface area contributed by atoms with Crippen LogP contribution in [0.3, 0.4) is 0 Å². The van der Waals surface area contributed by atoms with Gasteiger partial charge >= 0.3 is 0 Å². The molecular formula is C27H30N2O3. The van der Waals surface area contributed by atoms with Gasteiger partial charge in [0, 0.05) is 35.2 Å². The molecule has 0 spiro atoms. The Labute approximate surface area is 189 Å². The van der Waals surface area contributed by atoms with Gasteiger partial charge in [-0.05, 0) is 68.4 Å². The smallest absolute Gasteiger partial charge is 0.226 e. The van der Waals surface area contributed by atoms with Crippen molar-refractivity contribution in [2.45, 2.75) is 44.9 Å². The van der Waals surface area contributed by atoms with Crippen LogP contribution in [0.25, 0.3) is 0 Å². The predicted molar refractivity (Wildman–Crippen MR) is 123 cm³/mol. The van der Waals surface area contributed by atoms with Crippen LogP contribution >= 0.6 is 0 Å². The molecule has 0 heterocycles. The second-order valence-corrected chi connectivity index (χ2v) is 10.0. The van der Waals surface area contributed by atoms with Crippen LogP contribution in [0, 0.1) is 23.2 Å². The predicted octanol–water partition coefficient (Wildman–Crippen LogP) is 4.58. The summed E-state index contributed by atoms with van der Waals surface area (Å²) in [5.41, 5.74) is 1.55. The van der Waals surface area contributed by atoms with Crippen molar-refractivity contribution in [2.75, 3.05) is 11.9 Å². The summed E-state index contributed by atoms with van der Waals surface area (Å²) in [7, 11) is 0. The van der Waals surface area contributed by atoms with E-state index >= 15 is 0 Å². The van der Waals surface area contributed by atoms with Crippen molar-refractivity contribution < 1.29 is 14.4 Å². The molecule has 0 aliphatic heterocycles. The summed E-state index contributed by atoms with van der Waals surface area (Å²) in [6.07, 6.45) is 7.22. The summed E-state index contributed by atoms with van der Waals surface area (Å²) in [6.45, 7) is 0.342. The van der Waals surface area contributed by atoms with Crippen LogP contribution in [0.5, 0.6) is 0 Å². The van der Waals surface area contributed by atoms with Crippen LogP contribution in [-0.2, 0) is 9.59 Å². The van der Waals surface area contributed by atoms with Crippen molar-refractivity contribution in [2.24, 2.45) is 23.2 Å². The first-order valence-corrected chi connectivity index (χ1v) is 11.8. The molecular weight excluding hydrogens is 400 g/mol. The Morgan fingerprint density at radius 3 is 2.09 bits per heavy atom. The molecule has 166 valence electrons. The van der Waals surface area contributed by atoms with Gasteiger partial charge in [0.2, 0.25) is 11.8 Å². The van der Waals surface area contributed by atoms with E-state index in [1.54, 1.807) is 36.4 Å². The molecule has 0 radical (unpaired) electrons. The van der Waals surface area contributed by atoms with E-state index in [1.807, 2.05) is 18.2 Å². The van der Waals surface area contributed by atoms with E-state index in [0.29, 0.717) is 23.4 Å². The number of ketones is 1. The lowest BCUT2D eigenvalue weighted by molar-refractivity contribution is -0.146. The summed E-state index contributed by atoms with van der Waals surface area (Å²) in [6, 6.07) is 16.1. The normalized spacial score (nSPS) is 27.7. The van der Waals surface area contributed by atoms with Crippen LogP contribution in [0.15, 0.2) is 54.6 Å². The van der Waals surface area contributed by atoms with Gasteiger partial charge in [-0.1, -0.05) is 42.5 Å². The minimum Gasteiger partial charge on any atom is -0.355 e. The Kier molecular flexibility index (Phi) is 5.58. The lowest BCUT2D eigenvalue weighted by Crippen LogP contribution is -2.53. The van der Waals surface area contributed by atoms with Crippen LogP contribution in [0.4, 0.5) is 5.69 Å². The lowest BCUT2D eigenvalue weighted by Gasteiger charge is -2.55. The topological polar surface area (TPSA) is 75.3 Å². The maximum Gasteiger partial charge on any atom is 0.226 e. The van der Waals surface area contributed by atoms with E-state index in [0.717, 1.165) is 37.0 Å². The number of carbonyl (C=O) groups is 3. The molecule has 0 saturated heterocycles. The second-order valence-electron chi connectivity index (χ2n) is 10.0. The molecule has 6 rings (SSSR count). The molecule has 2 aromatic rings. The van der Waals surface area contributed by atoms with Gasteiger partial charge in [-0.2, -0.15) is 0 Å². The average molecular weight is 431 g/mol. The van der Waals surface area contributed by atoms with Gasteiger partial charge in [0.1, 0.15) is 0 Å². The van der Waals surface area contributed by atoms with Gasteiger partial charge < -0.3 is 10.6 Å². The highest BCUT2D eigenvalue weighted by Crippen LogP contribution is 2.60. The van der Waals surface area contributed by atoms with Gasteiger partial charge in [-0.25, -0.2) is 0 Å². The molecule has 4 aliphatic rings. The van der Waals surface area contributed by atoms with Gasteiger partial charge in [0.15, 0.2) is 5.78 Å². The molecule has 32 heavy (non-hydrogen) atoms. The molecule has 4 bridgehead atoms. The van der Waals surface area contributed by atoms with Crippen molar-refractivity contribution in [3.8, 4) is 0 Å². The fraction of sp³-hybridized carbons (Fsp3) is 0.444. The van der Waals surface area contributed by atoms with E-state index in [-0.39, 0.29) is 29.4 Å². The highest BCUT2D eigenvalue weighted by atomic mass is 16.2. The molecule has 0 unspecified atom stereocenters. The summed E-state index contributed by atoms with van der Waals surface area (Å²) in [4.78, 5) is 38.1. The van der Waals surface area contributed by atoms with Crippen LogP contribution in [0.2, 0.25) is 0 Å². The summed E-state index contributed by atoms with van der Waals surface area (Å²) < 4.78 is 0. The second kappa shape index (κ2) is 8.53. The van der Waals surface area contributed by atoms with Crippen molar-refractivity contribution in [3.63, 3.8) is 0 Å². The van der Waals surface area contributed by atoms with Crippen LogP contribution in [-0.4, -0.2) is 24.1 Å². The van der Waals surface area contributed by atoms with Gasteiger partial charge in [-0.3, -0.25) is 14.4 Å². The fourth-order valence-electron chi connectivity index (χ4n) is 6.58. The van der Waals surface area contributed by atoms with Crippen LogP contribution in [0.1, 0.15) is 60.9 Å². The number of rotatable bonds is 7. The highest BCUT2D eigenvalue weighted by molar-refractivity contribution is 6.09. The first kappa shape index (κ1) is 20.9. The zero-order valence-corrected chi connectivity index (χ0v) is 18.3. The Hall–Kier alpha value is -2.95. The Morgan fingerprint density at radius 2 is 1.44 bits per heavy atom. The Morgan fingerprint density at radius 1 is 0.812 bits per heavy atom. The number of anilines is 1. The third-order valence-corrected chi connectivity index (χ3v) is 7.60. The van der Waals surface area contributed by atoms with E-state index in [9.17, 15) is 14.4 Å². The molecule has 2 amide bonds. The first-order valence-electron chi connectivity index (χ1n) is 11.8. The zero-order chi connectivity index (χ0) is 22.1. The van der Waals surface area contributed by atoms with Crippen LogP contribution < -0.4 is 10.6 Å². The van der Waals surface area contributed by atoms with Crippen molar-refractivity contribution in [3.05, 3.63) is 65.7 Å². The minimum absolute atomic E-state index is 0.0791. The van der Waals surface area contributed by atoms with E-state index in [1.165, 1.54) is 19.3 Å². The van der Waals surface area contributed by atoms with Gasteiger partial charge in [-0.15, -0.1) is 0 Å². The van der Waals surface area contributed by atoms with E-state index < -0.39 is 0 Å². The summed E-state index contributed by atoms with van der Waals surface area (Å²) >= 11 is 0. The molecule has 2 aromatic carbocycles. The van der Waals surface area contributed by atoms with Crippen molar-refractivity contribution in [1.29, 1.82) is 0 Å². The van der Waals surface area contributed by atoms with Crippen molar-refractivity contribution >= 4 is 23.3 Å². The quantitative estimate of drug-likeness (QED) is 0.632. The van der Waals surface area contributed by atoms with Gasteiger partial charge in [0.25, 0.3) is 0 Å². The SMILES string of the molecule is O=C(CCNC(=O)C12CC3CC(CC(C3)C1)C2)Nc1cccc(C(=O)c2ccccc2)c1. The van der Waals surface area contributed by atoms with Gasteiger partial charge in [0.05, 0.1) is 0 Å². The fourth-order valence-corrected chi connectivity index (χ4v) is 6.58. The third kappa shape index (κ3) is 4.21.